The van der Waals surface area contributed by atoms with Gasteiger partial charge in [0.05, 0.1) is 6.10 Å². The van der Waals surface area contributed by atoms with Crippen LogP contribution >= 0.6 is 23.2 Å². The summed E-state index contributed by atoms with van der Waals surface area (Å²) in [4.78, 5) is 42.4. The number of carbonyl (C=O) groups excluding carboxylic acids is 3. The number of carbonyl (C=O) groups is 3. The van der Waals surface area contributed by atoms with Gasteiger partial charge >= 0.3 is 5.97 Å². The molecular weight excluding hydrogens is 551 g/mol. The summed E-state index contributed by atoms with van der Waals surface area (Å²) in [5.41, 5.74) is 0.886. The predicted octanol–water partition coefficient (Wildman–Crippen LogP) is 5.45. The molecule has 2 aromatic carbocycles. The normalized spacial score (nSPS) is 23.6. The summed E-state index contributed by atoms with van der Waals surface area (Å²) in [6, 6.07) is 16.4. The topological polar surface area (TPSA) is 76.2 Å². The Labute approximate surface area is 246 Å². The van der Waals surface area contributed by atoms with Gasteiger partial charge in [-0.15, -0.1) is 11.6 Å². The van der Waals surface area contributed by atoms with Crippen LogP contribution in [0.4, 0.5) is 0 Å². The lowest BCUT2D eigenvalue weighted by atomic mass is 9.95. The number of esters is 1. The van der Waals surface area contributed by atoms with Gasteiger partial charge in [-0.2, -0.15) is 0 Å². The maximum absolute atomic E-state index is 13.7. The zero-order valence-electron chi connectivity index (χ0n) is 22.7. The van der Waals surface area contributed by atoms with Crippen molar-refractivity contribution in [1.82, 2.24) is 9.80 Å². The number of likely N-dealkylation sites (tertiary alicyclic amines) is 1. The van der Waals surface area contributed by atoms with E-state index in [-0.39, 0.29) is 23.6 Å². The largest absolute Gasteiger partial charge is 0.451 e. The van der Waals surface area contributed by atoms with Gasteiger partial charge in [0.2, 0.25) is 6.41 Å². The lowest BCUT2D eigenvalue weighted by Gasteiger charge is -2.51. The van der Waals surface area contributed by atoms with E-state index in [9.17, 15) is 14.4 Å². The van der Waals surface area contributed by atoms with Crippen LogP contribution in [0.25, 0.3) is 0 Å². The molecule has 0 bridgehead atoms. The van der Waals surface area contributed by atoms with Crippen LogP contribution in [-0.2, 0) is 23.9 Å². The van der Waals surface area contributed by atoms with Crippen LogP contribution < -0.4 is 0 Å². The summed E-state index contributed by atoms with van der Waals surface area (Å²) in [6.07, 6.45) is 4.23. The zero-order valence-corrected chi connectivity index (χ0v) is 24.2. The average molecular weight is 588 g/mol. The van der Waals surface area contributed by atoms with Crippen LogP contribution in [0.3, 0.4) is 0 Å². The molecule has 1 saturated heterocycles. The molecular formula is C31H36Cl2N2O5. The van der Waals surface area contributed by atoms with Gasteiger partial charge < -0.3 is 19.3 Å². The first-order valence-electron chi connectivity index (χ1n) is 13.8. The maximum atomic E-state index is 13.7. The van der Waals surface area contributed by atoms with E-state index in [0.717, 1.165) is 36.8 Å². The predicted molar refractivity (Wildman–Crippen MR) is 155 cm³/mol. The third-order valence-corrected chi connectivity index (χ3v) is 8.44. The van der Waals surface area contributed by atoms with Crippen molar-refractivity contribution in [3.05, 3.63) is 83.9 Å². The van der Waals surface area contributed by atoms with Crippen molar-refractivity contribution < 1.29 is 23.9 Å². The SMILES string of the molecule is C=C(CCl)C(C(=O)OC(c1ccccc1)c1ccccc1)N1C(=O)C(N(C=O)C2CCCCC(OCC)C2)C1Cl. The third kappa shape index (κ3) is 6.54. The molecule has 7 nitrogen and oxygen atoms in total. The Kier molecular flexibility index (Phi) is 10.6. The molecule has 214 valence electrons. The lowest BCUT2D eigenvalue weighted by molar-refractivity contribution is -0.171. The molecule has 1 saturated carbocycles. The molecule has 40 heavy (non-hydrogen) atoms. The minimum absolute atomic E-state index is 0.0201. The maximum Gasteiger partial charge on any atom is 0.334 e. The second-order valence-electron chi connectivity index (χ2n) is 10.2. The number of alkyl halides is 2. The summed E-state index contributed by atoms with van der Waals surface area (Å²) in [7, 11) is 0. The quantitative estimate of drug-likeness (QED) is 0.0628. The monoisotopic (exact) mass is 586 g/mol. The van der Waals surface area contributed by atoms with Crippen LogP contribution in [-0.4, -0.2) is 70.3 Å². The Morgan fingerprint density at radius 3 is 2.23 bits per heavy atom. The number of benzene rings is 2. The summed E-state index contributed by atoms with van der Waals surface area (Å²) >= 11 is 12.9. The van der Waals surface area contributed by atoms with Gasteiger partial charge in [0.15, 0.2) is 12.1 Å². The van der Waals surface area contributed by atoms with Gasteiger partial charge in [-0.25, -0.2) is 4.79 Å². The molecule has 1 aliphatic carbocycles. The highest BCUT2D eigenvalue weighted by atomic mass is 35.5. The number of amides is 2. The molecule has 1 aliphatic heterocycles. The third-order valence-electron chi connectivity index (χ3n) is 7.65. The molecule has 2 aliphatic rings. The molecule has 5 atom stereocenters. The number of hydrogen-bond acceptors (Lipinski definition) is 5. The molecule has 0 N–H and O–H groups in total. The van der Waals surface area contributed by atoms with E-state index in [1.807, 2.05) is 67.6 Å². The minimum Gasteiger partial charge on any atom is -0.451 e. The molecule has 2 aromatic rings. The van der Waals surface area contributed by atoms with E-state index in [1.54, 1.807) is 0 Å². The number of nitrogens with zero attached hydrogens (tertiary/aromatic N) is 2. The zero-order chi connectivity index (χ0) is 28.6. The smallest absolute Gasteiger partial charge is 0.334 e. The van der Waals surface area contributed by atoms with Crippen molar-refractivity contribution in [2.24, 2.45) is 0 Å². The second kappa shape index (κ2) is 14.2. The summed E-state index contributed by atoms with van der Waals surface area (Å²) < 4.78 is 11.9. The Morgan fingerprint density at radius 1 is 1.10 bits per heavy atom. The minimum atomic E-state index is -1.20. The first kappa shape index (κ1) is 30.1. The first-order chi connectivity index (χ1) is 19.4. The van der Waals surface area contributed by atoms with Crippen LogP contribution in [0.5, 0.6) is 0 Å². The van der Waals surface area contributed by atoms with Gasteiger partial charge in [0, 0.05) is 18.5 Å². The second-order valence-corrected chi connectivity index (χ2v) is 10.9. The molecule has 0 spiro atoms. The van der Waals surface area contributed by atoms with Gasteiger partial charge in [0.1, 0.15) is 11.5 Å². The van der Waals surface area contributed by atoms with Crippen LogP contribution in [0, 0.1) is 0 Å². The van der Waals surface area contributed by atoms with Gasteiger partial charge in [0.25, 0.3) is 5.91 Å². The number of rotatable bonds is 12. The Hall–Kier alpha value is -2.87. The van der Waals surface area contributed by atoms with E-state index in [1.165, 1.54) is 9.80 Å². The summed E-state index contributed by atoms with van der Waals surface area (Å²) in [5, 5.41) is 0. The number of ether oxygens (including phenoxy) is 2. The van der Waals surface area contributed by atoms with E-state index < -0.39 is 35.6 Å². The molecule has 5 unspecified atom stereocenters. The van der Waals surface area contributed by atoms with E-state index in [4.69, 9.17) is 32.7 Å². The fourth-order valence-electron chi connectivity index (χ4n) is 5.64. The van der Waals surface area contributed by atoms with E-state index in [0.29, 0.717) is 19.4 Å². The molecule has 4 rings (SSSR count). The van der Waals surface area contributed by atoms with Crippen molar-refractivity contribution in [1.29, 1.82) is 0 Å². The van der Waals surface area contributed by atoms with Crippen LogP contribution in [0.1, 0.15) is 56.3 Å². The van der Waals surface area contributed by atoms with Crippen molar-refractivity contribution in [3.63, 3.8) is 0 Å². The van der Waals surface area contributed by atoms with E-state index in [2.05, 4.69) is 6.58 Å². The van der Waals surface area contributed by atoms with Crippen molar-refractivity contribution in [2.45, 2.75) is 74.9 Å². The molecule has 2 fully saturated rings. The number of hydrogen-bond donors (Lipinski definition) is 0. The fourth-order valence-corrected chi connectivity index (χ4v) is 6.24. The van der Waals surface area contributed by atoms with Gasteiger partial charge in [-0.3, -0.25) is 9.59 Å². The summed E-state index contributed by atoms with van der Waals surface area (Å²) in [5.74, 6) is -1.20. The van der Waals surface area contributed by atoms with Crippen molar-refractivity contribution in [3.8, 4) is 0 Å². The van der Waals surface area contributed by atoms with Crippen LogP contribution in [0.2, 0.25) is 0 Å². The number of β-lactam (4-membered cyclic amide) rings is 1. The fraction of sp³-hybridized carbons (Fsp3) is 0.452. The van der Waals surface area contributed by atoms with Crippen LogP contribution in [0.15, 0.2) is 72.8 Å². The highest BCUT2D eigenvalue weighted by Gasteiger charge is 2.56. The molecule has 1 heterocycles. The standard InChI is InChI=1S/C31H36Cl2N2O5/c1-3-39-25-17-11-10-16-24(18-25)34(20-36)27-29(33)35(30(27)37)26(21(2)19-32)31(38)40-28(22-12-6-4-7-13-22)23-14-8-5-9-15-23/h4-9,12-15,20,24-29H,2-3,10-11,16-19H2,1H3. The Balaban J connectivity index is 1.56. The number of halogens is 2. The van der Waals surface area contributed by atoms with E-state index >= 15 is 0 Å². The van der Waals surface area contributed by atoms with Gasteiger partial charge in [-0.1, -0.05) is 91.7 Å². The lowest BCUT2D eigenvalue weighted by Crippen LogP contribution is -2.73. The molecule has 0 radical (unpaired) electrons. The molecule has 2 amide bonds. The highest BCUT2D eigenvalue weighted by molar-refractivity contribution is 6.27. The average Bonchev–Trinajstić information content (AvgIpc) is 3.23. The first-order valence-corrected chi connectivity index (χ1v) is 14.7. The van der Waals surface area contributed by atoms with Crippen molar-refractivity contribution in [2.75, 3.05) is 12.5 Å². The Morgan fingerprint density at radius 2 is 1.70 bits per heavy atom. The Bertz CT molecular complexity index is 1130. The molecule has 0 aromatic heterocycles. The van der Waals surface area contributed by atoms with Crippen molar-refractivity contribution >= 4 is 41.5 Å². The van der Waals surface area contributed by atoms with Gasteiger partial charge in [-0.05, 0) is 42.9 Å². The highest BCUT2D eigenvalue weighted by Crippen LogP contribution is 2.37. The summed E-state index contributed by atoms with van der Waals surface area (Å²) in [6.45, 7) is 6.49. The molecule has 9 heteroatoms.